The molecule has 5 heteroatoms. The number of nitrogens with one attached hydrogen (secondary N) is 1. The van der Waals surface area contributed by atoms with Crippen molar-refractivity contribution in [1.29, 1.82) is 5.26 Å². The molecule has 1 heterocycles. The van der Waals surface area contributed by atoms with E-state index in [1.54, 1.807) is 4.90 Å². The molecule has 1 fully saturated rings. The lowest BCUT2D eigenvalue weighted by Crippen LogP contribution is -2.36. The smallest absolute Gasteiger partial charge is 0.317 e. The van der Waals surface area contributed by atoms with Crippen LogP contribution in [-0.4, -0.2) is 55.6 Å². The Morgan fingerprint density at radius 2 is 2.47 bits per heavy atom. The average Bonchev–Trinajstić information content (AvgIpc) is 2.61. The highest BCUT2D eigenvalue weighted by Crippen LogP contribution is 1.99. The third-order valence-corrected chi connectivity index (χ3v) is 2.50. The van der Waals surface area contributed by atoms with E-state index in [1.165, 1.54) is 0 Å². The average molecular weight is 210 g/mol. The molecule has 2 amide bonds. The summed E-state index contributed by atoms with van der Waals surface area (Å²) in [5.74, 6) is 0.0439. The fraction of sp³-hybridized carbons (Fsp3) is 0.800. The maximum Gasteiger partial charge on any atom is 0.317 e. The molecular weight excluding hydrogens is 192 g/mol. The lowest BCUT2D eigenvalue weighted by molar-refractivity contribution is 0.206. The molecule has 0 aromatic heterocycles. The maximum atomic E-state index is 11.2. The van der Waals surface area contributed by atoms with Crippen LogP contribution in [0.15, 0.2) is 0 Å². The Hall–Kier alpha value is -1.28. The van der Waals surface area contributed by atoms with Crippen molar-refractivity contribution in [3.63, 3.8) is 0 Å². The number of carbonyl (C=O) groups excluding carboxylic acids is 1. The third kappa shape index (κ3) is 3.76. The minimum absolute atomic E-state index is 0.0248. The molecule has 0 radical (unpaired) electrons. The third-order valence-electron chi connectivity index (χ3n) is 2.50. The molecule has 5 nitrogen and oxygen atoms in total. The molecule has 0 bridgehead atoms. The highest BCUT2D eigenvalue weighted by molar-refractivity contribution is 5.76. The van der Waals surface area contributed by atoms with Crippen molar-refractivity contribution in [2.45, 2.75) is 6.92 Å². The van der Waals surface area contributed by atoms with Crippen molar-refractivity contribution in [1.82, 2.24) is 15.1 Å². The van der Waals surface area contributed by atoms with Crippen LogP contribution in [0.3, 0.4) is 0 Å². The van der Waals surface area contributed by atoms with Crippen molar-refractivity contribution in [3.05, 3.63) is 0 Å². The Morgan fingerprint density at radius 3 is 3.00 bits per heavy atom. The molecule has 84 valence electrons. The highest BCUT2D eigenvalue weighted by Gasteiger charge is 2.19. The van der Waals surface area contributed by atoms with Gasteiger partial charge in [0.15, 0.2) is 0 Å². The molecule has 1 aliphatic rings. The molecule has 1 rings (SSSR count). The lowest BCUT2D eigenvalue weighted by Gasteiger charge is -2.21. The van der Waals surface area contributed by atoms with Gasteiger partial charge in [0.2, 0.25) is 0 Å². The van der Waals surface area contributed by atoms with Crippen LogP contribution < -0.4 is 5.32 Å². The lowest BCUT2D eigenvalue weighted by atomic mass is 10.2. The van der Waals surface area contributed by atoms with Gasteiger partial charge < -0.3 is 15.1 Å². The van der Waals surface area contributed by atoms with Crippen LogP contribution >= 0.6 is 0 Å². The first kappa shape index (κ1) is 11.8. The van der Waals surface area contributed by atoms with Gasteiger partial charge in [0, 0.05) is 32.7 Å². The van der Waals surface area contributed by atoms with Gasteiger partial charge in [-0.05, 0) is 14.0 Å². The van der Waals surface area contributed by atoms with Gasteiger partial charge in [-0.3, -0.25) is 0 Å². The first-order valence-electron chi connectivity index (χ1n) is 5.24. The summed E-state index contributed by atoms with van der Waals surface area (Å²) in [7, 11) is 1.97. The fourth-order valence-corrected chi connectivity index (χ4v) is 1.62. The Morgan fingerprint density at radius 1 is 1.73 bits per heavy atom. The standard InChI is InChI=1S/C10H18N4O/c1-9(7-11)8-13(2)5-6-14-4-3-12-10(14)15/h9H,3-6,8H2,1-2H3,(H,12,15). The predicted molar refractivity (Wildman–Crippen MR) is 57.2 cm³/mol. The summed E-state index contributed by atoms with van der Waals surface area (Å²) in [5, 5.41) is 11.4. The number of urea groups is 1. The van der Waals surface area contributed by atoms with Gasteiger partial charge in [0.25, 0.3) is 0 Å². The van der Waals surface area contributed by atoms with Crippen LogP contribution in [0, 0.1) is 17.2 Å². The van der Waals surface area contributed by atoms with Gasteiger partial charge in [-0.1, -0.05) is 0 Å². The van der Waals surface area contributed by atoms with Crippen LogP contribution in [0.25, 0.3) is 0 Å². The number of amides is 2. The van der Waals surface area contributed by atoms with Crippen LogP contribution in [0.1, 0.15) is 6.92 Å². The normalized spacial score (nSPS) is 17.7. The molecular formula is C10H18N4O. The van der Waals surface area contributed by atoms with Gasteiger partial charge in [0.1, 0.15) is 0 Å². The molecule has 0 aromatic rings. The zero-order chi connectivity index (χ0) is 11.3. The molecule has 15 heavy (non-hydrogen) atoms. The summed E-state index contributed by atoms with van der Waals surface area (Å²) in [5.41, 5.74) is 0. The Kier molecular flexibility index (Phi) is 4.37. The van der Waals surface area contributed by atoms with E-state index in [0.29, 0.717) is 0 Å². The van der Waals surface area contributed by atoms with Crippen molar-refractivity contribution >= 4 is 6.03 Å². The highest BCUT2D eigenvalue weighted by atomic mass is 16.2. The molecule has 1 unspecified atom stereocenters. The van der Waals surface area contributed by atoms with E-state index in [2.05, 4.69) is 16.3 Å². The largest absolute Gasteiger partial charge is 0.336 e. The topological polar surface area (TPSA) is 59.4 Å². The van der Waals surface area contributed by atoms with Crippen molar-refractivity contribution in [2.24, 2.45) is 5.92 Å². The van der Waals surface area contributed by atoms with Gasteiger partial charge in [-0.2, -0.15) is 5.26 Å². The second-order valence-corrected chi connectivity index (χ2v) is 4.01. The van der Waals surface area contributed by atoms with Gasteiger partial charge in [0.05, 0.1) is 12.0 Å². The number of likely N-dealkylation sites (N-methyl/N-ethyl adjacent to an activating group) is 1. The van der Waals surface area contributed by atoms with Crippen LogP contribution in [0.2, 0.25) is 0 Å². The molecule has 1 atom stereocenters. The first-order chi connectivity index (χ1) is 7.13. The molecule has 1 aliphatic heterocycles. The number of hydrogen-bond acceptors (Lipinski definition) is 3. The number of hydrogen-bond donors (Lipinski definition) is 1. The van der Waals surface area contributed by atoms with Gasteiger partial charge >= 0.3 is 6.03 Å². The molecule has 0 aromatic carbocycles. The monoisotopic (exact) mass is 210 g/mol. The van der Waals surface area contributed by atoms with E-state index in [4.69, 9.17) is 5.26 Å². The summed E-state index contributed by atoms with van der Waals surface area (Å²) in [6.07, 6.45) is 0. The fourth-order valence-electron chi connectivity index (χ4n) is 1.62. The van der Waals surface area contributed by atoms with Gasteiger partial charge in [-0.25, -0.2) is 4.79 Å². The summed E-state index contributed by atoms with van der Waals surface area (Å²) >= 11 is 0. The van der Waals surface area contributed by atoms with Crippen molar-refractivity contribution < 1.29 is 4.79 Å². The van der Waals surface area contributed by atoms with Crippen LogP contribution in [0.4, 0.5) is 4.79 Å². The number of nitriles is 1. The SMILES string of the molecule is CC(C#N)CN(C)CCN1CCNC1=O. The second-order valence-electron chi connectivity index (χ2n) is 4.01. The van der Waals surface area contributed by atoms with E-state index in [1.807, 2.05) is 14.0 Å². The molecule has 0 spiro atoms. The summed E-state index contributed by atoms with van der Waals surface area (Å²) in [6, 6.07) is 2.22. The first-order valence-corrected chi connectivity index (χ1v) is 5.24. The summed E-state index contributed by atoms with van der Waals surface area (Å²) < 4.78 is 0. The van der Waals surface area contributed by atoms with Gasteiger partial charge in [-0.15, -0.1) is 0 Å². The van der Waals surface area contributed by atoms with E-state index in [9.17, 15) is 4.79 Å². The minimum atomic E-state index is 0.0248. The molecule has 0 aliphatic carbocycles. The summed E-state index contributed by atoms with van der Waals surface area (Å²) in [6.45, 7) is 5.75. The predicted octanol–water partition coefficient (Wildman–Crippen LogP) is 0.103. The van der Waals surface area contributed by atoms with Crippen molar-refractivity contribution in [3.8, 4) is 6.07 Å². The zero-order valence-corrected chi connectivity index (χ0v) is 9.36. The Bertz CT molecular complexity index is 261. The van der Waals surface area contributed by atoms with Crippen molar-refractivity contribution in [2.75, 3.05) is 39.8 Å². The zero-order valence-electron chi connectivity index (χ0n) is 9.36. The van der Waals surface area contributed by atoms with Crippen LogP contribution in [-0.2, 0) is 0 Å². The number of rotatable bonds is 5. The number of nitrogens with zero attached hydrogens (tertiary/aromatic N) is 3. The Labute approximate surface area is 90.6 Å². The van der Waals surface area contributed by atoms with E-state index in [-0.39, 0.29) is 11.9 Å². The minimum Gasteiger partial charge on any atom is -0.336 e. The molecule has 1 N–H and O–H groups in total. The quantitative estimate of drug-likeness (QED) is 0.700. The van der Waals surface area contributed by atoms with E-state index in [0.717, 1.165) is 32.7 Å². The Balaban J connectivity index is 2.19. The van der Waals surface area contributed by atoms with E-state index < -0.39 is 0 Å². The van der Waals surface area contributed by atoms with E-state index >= 15 is 0 Å². The maximum absolute atomic E-state index is 11.2. The molecule has 0 saturated carbocycles. The second kappa shape index (κ2) is 5.56. The number of carbonyl (C=O) groups is 1. The summed E-state index contributed by atoms with van der Waals surface area (Å²) in [4.78, 5) is 15.1. The van der Waals surface area contributed by atoms with Crippen LogP contribution in [0.5, 0.6) is 0 Å². The molecule has 1 saturated heterocycles.